The molecule has 3 nitrogen and oxygen atoms in total. The van der Waals surface area contributed by atoms with Gasteiger partial charge in [-0.2, -0.15) is 0 Å². The van der Waals surface area contributed by atoms with Gasteiger partial charge in [-0.1, -0.05) is 42.5 Å². The molecular weight excluding hydrogens is 276 g/mol. The number of hydrogen-bond acceptors (Lipinski definition) is 3. The topological polar surface area (TPSA) is 49.7 Å². The Hall–Kier alpha value is -2.10. The Morgan fingerprint density at radius 3 is 2.73 bits per heavy atom. The van der Waals surface area contributed by atoms with Crippen LogP contribution >= 0.6 is 0 Å². The van der Waals surface area contributed by atoms with E-state index in [1.165, 1.54) is 16.7 Å². The number of fused-ring (bicyclic) bond motifs is 1. The van der Waals surface area contributed by atoms with Crippen molar-refractivity contribution in [1.29, 1.82) is 0 Å². The first-order valence-corrected chi connectivity index (χ1v) is 7.53. The van der Waals surface area contributed by atoms with Crippen molar-refractivity contribution in [2.45, 2.75) is 12.8 Å². The molecule has 22 heavy (non-hydrogen) atoms. The van der Waals surface area contributed by atoms with Crippen LogP contribution in [0.3, 0.4) is 0 Å². The molecule has 0 saturated carbocycles. The summed E-state index contributed by atoms with van der Waals surface area (Å²) in [5, 5.41) is 18.2. The van der Waals surface area contributed by atoms with Crippen LogP contribution in [-0.2, 0) is 12.8 Å². The lowest BCUT2D eigenvalue weighted by atomic mass is 10.0. The molecule has 0 saturated heterocycles. The second-order valence-electron chi connectivity index (χ2n) is 5.62. The third-order valence-electron chi connectivity index (χ3n) is 4.11. The number of rotatable bonds is 5. The van der Waals surface area contributed by atoms with Gasteiger partial charge in [0.25, 0.3) is 0 Å². The van der Waals surface area contributed by atoms with Crippen molar-refractivity contribution in [1.82, 2.24) is 0 Å². The minimum Gasteiger partial charge on any atom is -0.468 e. The van der Waals surface area contributed by atoms with Crippen LogP contribution in [0.2, 0.25) is 0 Å². The van der Waals surface area contributed by atoms with E-state index in [0.29, 0.717) is 11.7 Å². The van der Waals surface area contributed by atoms with Crippen LogP contribution in [0.15, 0.2) is 42.5 Å². The minimum atomic E-state index is -0.318. The molecule has 1 aliphatic carbocycles. The lowest BCUT2D eigenvalue weighted by Crippen LogP contribution is -2.04. The molecule has 2 aromatic carbocycles. The molecule has 0 aliphatic heterocycles. The smallest absolute Gasteiger partial charge is 0.186 e. The zero-order valence-corrected chi connectivity index (χ0v) is 12.4. The van der Waals surface area contributed by atoms with Gasteiger partial charge in [0.15, 0.2) is 6.79 Å². The summed E-state index contributed by atoms with van der Waals surface area (Å²) < 4.78 is 5.10. The lowest BCUT2D eigenvalue weighted by molar-refractivity contribution is 0.0985. The summed E-state index contributed by atoms with van der Waals surface area (Å²) >= 11 is 0. The summed E-state index contributed by atoms with van der Waals surface area (Å²) in [6.45, 7) is -0.0692. The van der Waals surface area contributed by atoms with Gasteiger partial charge in [-0.25, -0.2) is 0 Å². The lowest BCUT2D eigenvalue weighted by Gasteiger charge is -2.05. The molecule has 0 aromatic heterocycles. The summed E-state index contributed by atoms with van der Waals surface area (Å²) in [7, 11) is 0. The fourth-order valence-electron chi connectivity index (χ4n) is 3.02. The normalized spacial score (nSPS) is 16.9. The molecule has 0 spiro atoms. The molecule has 0 radical (unpaired) electrons. The SMILES string of the molecule is OCOc1cccc(/C=C\c2cccc3c2C[C@H](CO)C3)c1. The van der Waals surface area contributed by atoms with Crippen molar-refractivity contribution in [2.75, 3.05) is 13.4 Å². The van der Waals surface area contributed by atoms with Crippen LogP contribution < -0.4 is 4.74 Å². The van der Waals surface area contributed by atoms with Gasteiger partial charge in [0, 0.05) is 6.61 Å². The molecule has 0 amide bonds. The van der Waals surface area contributed by atoms with Gasteiger partial charge in [0.2, 0.25) is 0 Å². The Kier molecular flexibility index (Phi) is 4.56. The van der Waals surface area contributed by atoms with Gasteiger partial charge in [-0.05, 0) is 53.1 Å². The van der Waals surface area contributed by atoms with Crippen LogP contribution in [0.25, 0.3) is 12.2 Å². The monoisotopic (exact) mass is 296 g/mol. The van der Waals surface area contributed by atoms with Crippen molar-refractivity contribution in [2.24, 2.45) is 5.92 Å². The largest absolute Gasteiger partial charge is 0.468 e. The minimum absolute atomic E-state index is 0.248. The van der Waals surface area contributed by atoms with Crippen molar-refractivity contribution >= 4 is 12.2 Å². The number of benzene rings is 2. The van der Waals surface area contributed by atoms with Crippen molar-refractivity contribution in [3.05, 3.63) is 64.7 Å². The van der Waals surface area contributed by atoms with E-state index >= 15 is 0 Å². The van der Waals surface area contributed by atoms with E-state index in [2.05, 4.69) is 24.3 Å². The highest BCUT2D eigenvalue weighted by atomic mass is 16.6. The summed E-state index contributed by atoms with van der Waals surface area (Å²) in [6.07, 6.45) is 6.07. The zero-order valence-electron chi connectivity index (χ0n) is 12.4. The van der Waals surface area contributed by atoms with Crippen LogP contribution in [-0.4, -0.2) is 23.6 Å². The van der Waals surface area contributed by atoms with Gasteiger partial charge in [0.1, 0.15) is 5.75 Å². The number of ether oxygens (including phenoxy) is 1. The van der Waals surface area contributed by atoms with Gasteiger partial charge in [0.05, 0.1) is 0 Å². The molecule has 1 aliphatic rings. The second-order valence-corrected chi connectivity index (χ2v) is 5.62. The highest BCUT2D eigenvalue weighted by Gasteiger charge is 2.21. The number of aliphatic hydroxyl groups excluding tert-OH is 2. The van der Waals surface area contributed by atoms with Gasteiger partial charge in [-0.3, -0.25) is 0 Å². The standard InChI is InChI=1S/C19H20O3/c20-12-15-9-17-5-2-4-16(19(17)11-15)8-7-14-3-1-6-18(10-14)22-13-21/h1-8,10,15,20-21H,9,11-13H2/b8-7-/t15-/m1/s1. The Morgan fingerprint density at radius 1 is 1.05 bits per heavy atom. The molecule has 2 N–H and O–H groups in total. The Labute approximate surface area is 130 Å². The molecule has 0 unspecified atom stereocenters. The van der Waals surface area contributed by atoms with E-state index in [4.69, 9.17) is 9.84 Å². The average molecular weight is 296 g/mol. The van der Waals surface area contributed by atoms with E-state index in [0.717, 1.165) is 18.4 Å². The maximum Gasteiger partial charge on any atom is 0.186 e. The van der Waals surface area contributed by atoms with Crippen molar-refractivity contribution < 1.29 is 14.9 Å². The van der Waals surface area contributed by atoms with Gasteiger partial charge in [-0.15, -0.1) is 0 Å². The quantitative estimate of drug-likeness (QED) is 0.659. The zero-order chi connectivity index (χ0) is 15.4. The summed E-state index contributed by atoms with van der Waals surface area (Å²) in [5.41, 5.74) is 4.93. The fraction of sp³-hybridized carbons (Fsp3) is 0.263. The molecular formula is C19H20O3. The molecule has 3 heteroatoms. The van der Waals surface area contributed by atoms with Crippen LogP contribution in [0.5, 0.6) is 5.75 Å². The molecule has 2 aromatic rings. The maximum atomic E-state index is 9.37. The molecule has 3 rings (SSSR count). The Morgan fingerprint density at radius 2 is 1.91 bits per heavy atom. The summed E-state index contributed by atoms with van der Waals surface area (Å²) in [4.78, 5) is 0. The number of hydrogen-bond donors (Lipinski definition) is 2. The van der Waals surface area contributed by atoms with E-state index < -0.39 is 0 Å². The van der Waals surface area contributed by atoms with E-state index in [-0.39, 0.29) is 13.4 Å². The first kappa shape index (κ1) is 14.8. The second kappa shape index (κ2) is 6.77. The molecule has 114 valence electrons. The Bertz CT molecular complexity index is 676. The van der Waals surface area contributed by atoms with Crippen LogP contribution in [0.4, 0.5) is 0 Å². The van der Waals surface area contributed by atoms with Crippen molar-refractivity contribution in [3.8, 4) is 5.75 Å². The van der Waals surface area contributed by atoms with Crippen molar-refractivity contribution in [3.63, 3.8) is 0 Å². The third-order valence-corrected chi connectivity index (χ3v) is 4.11. The van der Waals surface area contributed by atoms with Gasteiger partial charge < -0.3 is 14.9 Å². The molecule has 0 heterocycles. The summed E-state index contributed by atoms with van der Waals surface area (Å²) in [5.74, 6) is 1.01. The molecule has 0 fully saturated rings. The van der Waals surface area contributed by atoms with E-state index in [1.54, 1.807) is 0 Å². The molecule has 1 atom stereocenters. The van der Waals surface area contributed by atoms with Gasteiger partial charge >= 0.3 is 0 Å². The first-order valence-electron chi connectivity index (χ1n) is 7.53. The first-order chi connectivity index (χ1) is 10.8. The van der Waals surface area contributed by atoms with E-state index in [9.17, 15) is 5.11 Å². The predicted molar refractivity (Wildman–Crippen MR) is 87.5 cm³/mol. The highest BCUT2D eigenvalue weighted by Crippen LogP contribution is 2.30. The predicted octanol–water partition coefficient (Wildman–Crippen LogP) is 2.89. The highest BCUT2D eigenvalue weighted by molar-refractivity contribution is 5.72. The van der Waals surface area contributed by atoms with E-state index in [1.807, 2.05) is 30.3 Å². The molecule has 0 bridgehead atoms. The fourth-order valence-corrected chi connectivity index (χ4v) is 3.02. The van der Waals surface area contributed by atoms with Crippen LogP contribution in [0.1, 0.15) is 22.3 Å². The third kappa shape index (κ3) is 3.21. The number of aliphatic hydroxyl groups is 2. The van der Waals surface area contributed by atoms with Crippen LogP contribution in [0, 0.1) is 5.92 Å². The summed E-state index contributed by atoms with van der Waals surface area (Å²) in [6, 6.07) is 14.0. The maximum absolute atomic E-state index is 9.37. The Balaban J connectivity index is 1.82. The average Bonchev–Trinajstić information content (AvgIpc) is 2.97.